The van der Waals surface area contributed by atoms with Gasteiger partial charge in [-0.3, -0.25) is 4.57 Å². The minimum absolute atomic E-state index is 0.378. The van der Waals surface area contributed by atoms with Gasteiger partial charge >= 0.3 is 7.60 Å². The van der Waals surface area contributed by atoms with Crippen LogP contribution in [-0.4, -0.2) is 19.8 Å². The molecule has 2 rings (SSSR count). The average molecular weight is 297 g/mol. The zero-order valence-electron chi connectivity index (χ0n) is 12.3. The van der Waals surface area contributed by atoms with E-state index in [9.17, 15) is 4.57 Å². The first-order chi connectivity index (χ1) is 9.69. The van der Waals surface area contributed by atoms with Crippen molar-refractivity contribution < 1.29 is 13.6 Å². The van der Waals surface area contributed by atoms with E-state index in [1.54, 1.807) is 0 Å². The zero-order valence-corrected chi connectivity index (χ0v) is 13.2. The quantitative estimate of drug-likeness (QED) is 0.818. The standard InChI is InChI=1S/C15H24NO3P/c1-3-18-20(17,19-4-2)14-10-8-13(9-11-14)15-7-5-6-12-16-15/h8-11,15-16H,3-7,12H2,1-2H3. The number of piperidine rings is 1. The normalized spacial score (nSPS) is 20.0. The van der Waals surface area contributed by atoms with Crippen LogP contribution in [0.4, 0.5) is 0 Å². The van der Waals surface area contributed by atoms with Crippen LogP contribution >= 0.6 is 7.60 Å². The highest BCUT2D eigenvalue weighted by molar-refractivity contribution is 7.62. The molecule has 112 valence electrons. The fourth-order valence-corrected chi connectivity index (χ4v) is 4.12. The minimum Gasteiger partial charge on any atom is -0.310 e. The highest BCUT2D eigenvalue weighted by Gasteiger charge is 2.26. The van der Waals surface area contributed by atoms with Crippen LogP contribution in [0.25, 0.3) is 0 Å². The molecule has 1 aromatic carbocycles. The van der Waals surface area contributed by atoms with Gasteiger partial charge in [-0.15, -0.1) is 0 Å². The monoisotopic (exact) mass is 297 g/mol. The van der Waals surface area contributed by atoms with Crippen LogP contribution in [0.2, 0.25) is 0 Å². The summed E-state index contributed by atoms with van der Waals surface area (Å²) in [5.74, 6) is 0. The largest absolute Gasteiger partial charge is 0.361 e. The molecular weight excluding hydrogens is 273 g/mol. The maximum atomic E-state index is 12.6. The van der Waals surface area contributed by atoms with E-state index in [0.29, 0.717) is 24.6 Å². The van der Waals surface area contributed by atoms with Gasteiger partial charge in [-0.05, 0) is 50.9 Å². The molecule has 1 aliphatic heterocycles. The molecule has 0 spiro atoms. The first-order valence-electron chi connectivity index (χ1n) is 7.42. The third-order valence-electron chi connectivity index (χ3n) is 3.52. The number of hydrogen-bond donors (Lipinski definition) is 1. The average Bonchev–Trinajstić information content (AvgIpc) is 2.49. The van der Waals surface area contributed by atoms with E-state index in [-0.39, 0.29) is 0 Å². The molecule has 0 radical (unpaired) electrons. The molecule has 1 unspecified atom stereocenters. The van der Waals surface area contributed by atoms with E-state index >= 15 is 0 Å². The van der Waals surface area contributed by atoms with Crippen molar-refractivity contribution in [1.82, 2.24) is 5.32 Å². The van der Waals surface area contributed by atoms with Crippen LogP contribution in [0.3, 0.4) is 0 Å². The smallest absolute Gasteiger partial charge is 0.310 e. The van der Waals surface area contributed by atoms with Crippen molar-refractivity contribution >= 4 is 12.9 Å². The summed E-state index contributed by atoms with van der Waals surface area (Å²) in [6, 6.07) is 8.22. The Morgan fingerprint density at radius 1 is 1.15 bits per heavy atom. The Labute approximate surface area is 121 Å². The van der Waals surface area contributed by atoms with Gasteiger partial charge in [0, 0.05) is 6.04 Å². The predicted octanol–water partition coefficient (Wildman–Crippen LogP) is 3.39. The molecule has 5 heteroatoms. The molecule has 1 fully saturated rings. The second-order valence-corrected chi connectivity index (χ2v) is 6.95. The Kier molecular flexibility index (Phi) is 5.79. The number of nitrogens with one attached hydrogen (secondary N) is 1. The molecule has 0 saturated carbocycles. The minimum atomic E-state index is -3.15. The third-order valence-corrected chi connectivity index (χ3v) is 5.65. The summed E-state index contributed by atoms with van der Waals surface area (Å²) in [5, 5.41) is 4.15. The van der Waals surface area contributed by atoms with Gasteiger partial charge in [-0.25, -0.2) is 0 Å². The molecule has 20 heavy (non-hydrogen) atoms. The zero-order chi connectivity index (χ0) is 14.4. The maximum absolute atomic E-state index is 12.6. The molecule has 1 heterocycles. The summed E-state index contributed by atoms with van der Waals surface area (Å²) in [6.45, 7) is 5.48. The lowest BCUT2D eigenvalue weighted by Gasteiger charge is -2.24. The molecule has 0 aromatic heterocycles. The fraction of sp³-hybridized carbons (Fsp3) is 0.600. The summed E-state index contributed by atoms with van der Waals surface area (Å²) in [5.41, 5.74) is 1.24. The van der Waals surface area contributed by atoms with Gasteiger partial charge in [0.25, 0.3) is 0 Å². The topological polar surface area (TPSA) is 47.6 Å². The van der Waals surface area contributed by atoms with Gasteiger partial charge in [-0.1, -0.05) is 18.6 Å². The highest BCUT2D eigenvalue weighted by atomic mass is 31.2. The van der Waals surface area contributed by atoms with Crippen molar-refractivity contribution in [1.29, 1.82) is 0 Å². The molecule has 1 aliphatic rings. The molecule has 1 N–H and O–H groups in total. The molecule has 1 atom stereocenters. The van der Waals surface area contributed by atoms with Gasteiger partial charge in [0.05, 0.1) is 18.5 Å². The Bertz CT molecular complexity index is 445. The Morgan fingerprint density at radius 3 is 2.30 bits per heavy atom. The SMILES string of the molecule is CCOP(=O)(OCC)c1ccc(C2CCCCN2)cc1. The summed E-state index contributed by atoms with van der Waals surface area (Å²) in [6.07, 6.45) is 3.67. The highest BCUT2D eigenvalue weighted by Crippen LogP contribution is 2.46. The van der Waals surface area contributed by atoms with Crippen molar-refractivity contribution in [3.8, 4) is 0 Å². The van der Waals surface area contributed by atoms with Crippen LogP contribution in [0, 0.1) is 0 Å². The van der Waals surface area contributed by atoms with Crippen molar-refractivity contribution in [2.75, 3.05) is 19.8 Å². The van der Waals surface area contributed by atoms with Gasteiger partial charge < -0.3 is 14.4 Å². The van der Waals surface area contributed by atoms with Crippen LogP contribution in [-0.2, 0) is 13.6 Å². The predicted molar refractivity (Wildman–Crippen MR) is 81.5 cm³/mol. The molecular formula is C15H24NO3P. The van der Waals surface area contributed by atoms with Gasteiger partial charge in [0.1, 0.15) is 0 Å². The van der Waals surface area contributed by atoms with E-state index in [1.165, 1.54) is 18.4 Å². The van der Waals surface area contributed by atoms with Crippen molar-refractivity contribution in [2.24, 2.45) is 0 Å². The van der Waals surface area contributed by atoms with Gasteiger partial charge in [0.15, 0.2) is 0 Å². The van der Waals surface area contributed by atoms with E-state index in [4.69, 9.17) is 9.05 Å². The Morgan fingerprint density at radius 2 is 1.80 bits per heavy atom. The van der Waals surface area contributed by atoms with Crippen molar-refractivity contribution in [2.45, 2.75) is 39.2 Å². The number of rotatable bonds is 6. The van der Waals surface area contributed by atoms with Crippen LogP contribution in [0.15, 0.2) is 24.3 Å². The molecule has 1 saturated heterocycles. The molecule has 0 aliphatic carbocycles. The van der Waals surface area contributed by atoms with E-state index < -0.39 is 7.60 Å². The summed E-state index contributed by atoms with van der Waals surface area (Å²) in [7, 11) is -3.15. The van der Waals surface area contributed by atoms with E-state index in [2.05, 4.69) is 5.32 Å². The Balaban J connectivity index is 2.15. The second kappa shape index (κ2) is 7.37. The van der Waals surface area contributed by atoms with Crippen molar-refractivity contribution in [3.05, 3.63) is 29.8 Å². The van der Waals surface area contributed by atoms with Gasteiger partial charge in [-0.2, -0.15) is 0 Å². The maximum Gasteiger partial charge on any atom is 0.361 e. The number of benzene rings is 1. The molecule has 1 aromatic rings. The Hall–Kier alpha value is -0.670. The first-order valence-corrected chi connectivity index (χ1v) is 8.97. The van der Waals surface area contributed by atoms with E-state index in [0.717, 1.165) is 13.0 Å². The lowest BCUT2D eigenvalue weighted by Crippen LogP contribution is -2.27. The summed E-state index contributed by atoms with van der Waals surface area (Å²) < 4.78 is 23.4. The lowest BCUT2D eigenvalue weighted by molar-refractivity contribution is 0.230. The second-order valence-electron chi connectivity index (χ2n) is 4.93. The summed E-state index contributed by atoms with van der Waals surface area (Å²) in [4.78, 5) is 0. The van der Waals surface area contributed by atoms with Gasteiger partial charge in [0.2, 0.25) is 0 Å². The lowest BCUT2D eigenvalue weighted by atomic mass is 9.98. The van der Waals surface area contributed by atoms with Crippen LogP contribution in [0.1, 0.15) is 44.7 Å². The molecule has 0 amide bonds. The van der Waals surface area contributed by atoms with E-state index in [1.807, 2.05) is 38.1 Å². The van der Waals surface area contributed by atoms with Crippen LogP contribution < -0.4 is 10.6 Å². The van der Waals surface area contributed by atoms with Crippen molar-refractivity contribution in [3.63, 3.8) is 0 Å². The molecule has 4 nitrogen and oxygen atoms in total. The summed E-state index contributed by atoms with van der Waals surface area (Å²) >= 11 is 0. The van der Waals surface area contributed by atoms with Crippen LogP contribution in [0.5, 0.6) is 0 Å². The first kappa shape index (κ1) is 15.7. The third kappa shape index (κ3) is 3.70. The fourth-order valence-electron chi connectivity index (χ4n) is 2.55. The number of hydrogen-bond acceptors (Lipinski definition) is 4. The molecule has 0 bridgehead atoms.